The van der Waals surface area contributed by atoms with Crippen molar-refractivity contribution < 1.29 is 5.11 Å². The maximum absolute atomic E-state index is 9.24. The second-order valence-corrected chi connectivity index (χ2v) is 5.63. The van der Waals surface area contributed by atoms with Crippen LogP contribution in [0.15, 0.2) is 18.2 Å². The Labute approximate surface area is 120 Å². The van der Waals surface area contributed by atoms with Crippen LogP contribution in [-0.2, 0) is 0 Å². The normalized spacial score (nSPS) is 17.1. The monoisotopic (exact) mass is 282 g/mol. The van der Waals surface area contributed by atoms with E-state index < -0.39 is 0 Å². The molecule has 1 aromatic rings. The molecular formula is C15H23ClN2O. The van der Waals surface area contributed by atoms with Gasteiger partial charge in [0.1, 0.15) is 0 Å². The number of anilines is 1. The van der Waals surface area contributed by atoms with E-state index >= 15 is 0 Å². The van der Waals surface area contributed by atoms with Crippen LogP contribution in [0, 0.1) is 0 Å². The van der Waals surface area contributed by atoms with Gasteiger partial charge in [-0.05, 0) is 50.9 Å². The highest BCUT2D eigenvalue weighted by Crippen LogP contribution is 2.35. The van der Waals surface area contributed by atoms with Crippen molar-refractivity contribution >= 4 is 17.3 Å². The zero-order valence-corrected chi connectivity index (χ0v) is 12.5. The summed E-state index contributed by atoms with van der Waals surface area (Å²) in [6.07, 6.45) is 3.68. The van der Waals surface area contributed by atoms with Gasteiger partial charge in [0.05, 0.1) is 17.3 Å². The average Bonchev–Trinajstić information content (AvgIpc) is 2.35. The van der Waals surface area contributed by atoms with Gasteiger partial charge < -0.3 is 15.3 Å². The van der Waals surface area contributed by atoms with E-state index in [9.17, 15) is 5.11 Å². The van der Waals surface area contributed by atoms with E-state index in [2.05, 4.69) is 29.3 Å². The first-order chi connectivity index (χ1) is 9.17. The van der Waals surface area contributed by atoms with E-state index in [1.165, 1.54) is 24.8 Å². The van der Waals surface area contributed by atoms with Crippen LogP contribution >= 0.6 is 11.6 Å². The van der Waals surface area contributed by atoms with Crippen molar-refractivity contribution in [2.24, 2.45) is 0 Å². The standard InChI is InChI=1S/C15H23ClN2O/c1-11(17-2)12-6-7-15(14(16)10-12)18(8-9-19)13-4-3-5-13/h6-7,10-11,13,17,19H,3-5,8-9H2,1-2H3. The molecule has 106 valence electrons. The molecule has 0 heterocycles. The third-order valence-electron chi connectivity index (χ3n) is 4.07. The second-order valence-electron chi connectivity index (χ2n) is 5.22. The first-order valence-electron chi connectivity index (χ1n) is 7.01. The molecule has 1 atom stereocenters. The van der Waals surface area contributed by atoms with Crippen molar-refractivity contribution in [2.75, 3.05) is 25.1 Å². The second kappa shape index (κ2) is 6.60. The third kappa shape index (κ3) is 3.22. The summed E-state index contributed by atoms with van der Waals surface area (Å²) < 4.78 is 0. The van der Waals surface area contributed by atoms with Gasteiger partial charge in [0.2, 0.25) is 0 Å². The van der Waals surface area contributed by atoms with E-state index in [1.807, 2.05) is 13.1 Å². The lowest BCUT2D eigenvalue weighted by atomic mass is 9.91. The predicted molar refractivity (Wildman–Crippen MR) is 81.0 cm³/mol. The van der Waals surface area contributed by atoms with Crippen molar-refractivity contribution in [3.63, 3.8) is 0 Å². The van der Waals surface area contributed by atoms with E-state index in [0.717, 1.165) is 10.7 Å². The van der Waals surface area contributed by atoms with E-state index in [4.69, 9.17) is 11.6 Å². The molecule has 0 saturated heterocycles. The molecule has 1 aliphatic rings. The van der Waals surface area contributed by atoms with Gasteiger partial charge in [-0.15, -0.1) is 0 Å². The van der Waals surface area contributed by atoms with Crippen LogP contribution in [-0.4, -0.2) is 31.3 Å². The molecule has 19 heavy (non-hydrogen) atoms. The Morgan fingerprint density at radius 2 is 2.21 bits per heavy atom. The summed E-state index contributed by atoms with van der Waals surface area (Å²) in [5, 5.41) is 13.2. The SMILES string of the molecule is CNC(C)c1ccc(N(CCO)C2CCC2)c(Cl)c1. The summed E-state index contributed by atoms with van der Waals surface area (Å²) in [5.74, 6) is 0. The number of benzene rings is 1. The maximum atomic E-state index is 9.24. The van der Waals surface area contributed by atoms with Gasteiger partial charge in [0.15, 0.2) is 0 Å². The van der Waals surface area contributed by atoms with Gasteiger partial charge >= 0.3 is 0 Å². The molecule has 1 saturated carbocycles. The van der Waals surface area contributed by atoms with Gasteiger partial charge in [0.25, 0.3) is 0 Å². The molecule has 1 aromatic carbocycles. The summed E-state index contributed by atoms with van der Waals surface area (Å²) in [4.78, 5) is 2.25. The van der Waals surface area contributed by atoms with Gasteiger partial charge in [-0.1, -0.05) is 17.7 Å². The molecule has 0 amide bonds. The number of nitrogens with zero attached hydrogens (tertiary/aromatic N) is 1. The number of halogens is 1. The number of hydrogen-bond donors (Lipinski definition) is 2. The fourth-order valence-electron chi connectivity index (χ4n) is 2.50. The highest BCUT2D eigenvalue weighted by Gasteiger charge is 2.26. The van der Waals surface area contributed by atoms with Crippen LogP contribution in [0.1, 0.15) is 37.8 Å². The number of rotatable bonds is 6. The first-order valence-corrected chi connectivity index (χ1v) is 7.39. The topological polar surface area (TPSA) is 35.5 Å². The van der Waals surface area contributed by atoms with Gasteiger partial charge in [-0.25, -0.2) is 0 Å². The quantitative estimate of drug-likeness (QED) is 0.842. The van der Waals surface area contributed by atoms with Crippen LogP contribution < -0.4 is 10.2 Å². The molecule has 0 spiro atoms. The molecule has 0 aromatic heterocycles. The minimum atomic E-state index is 0.168. The Morgan fingerprint density at radius 3 is 2.68 bits per heavy atom. The molecule has 1 unspecified atom stereocenters. The molecule has 4 heteroatoms. The van der Waals surface area contributed by atoms with Gasteiger partial charge in [-0.2, -0.15) is 0 Å². The number of hydrogen-bond acceptors (Lipinski definition) is 3. The fraction of sp³-hybridized carbons (Fsp3) is 0.600. The number of aliphatic hydroxyl groups is 1. The highest BCUT2D eigenvalue weighted by molar-refractivity contribution is 6.33. The Morgan fingerprint density at radius 1 is 1.47 bits per heavy atom. The Balaban J connectivity index is 2.22. The van der Waals surface area contributed by atoms with Crippen LogP contribution in [0.2, 0.25) is 5.02 Å². The minimum absolute atomic E-state index is 0.168. The maximum Gasteiger partial charge on any atom is 0.0643 e. The van der Waals surface area contributed by atoms with Crippen molar-refractivity contribution in [1.29, 1.82) is 0 Å². The molecule has 0 bridgehead atoms. The molecule has 1 aliphatic carbocycles. The van der Waals surface area contributed by atoms with Crippen LogP contribution in [0.3, 0.4) is 0 Å². The Hall–Kier alpha value is -0.770. The molecule has 0 aliphatic heterocycles. The van der Waals surface area contributed by atoms with Crippen molar-refractivity contribution in [2.45, 2.75) is 38.3 Å². The lowest BCUT2D eigenvalue weighted by Crippen LogP contribution is -2.42. The van der Waals surface area contributed by atoms with E-state index in [0.29, 0.717) is 18.6 Å². The number of aliphatic hydroxyl groups excluding tert-OH is 1. The lowest BCUT2D eigenvalue weighted by Gasteiger charge is -2.39. The predicted octanol–water partition coefficient (Wildman–Crippen LogP) is 2.97. The summed E-state index contributed by atoms with van der Waals surface area (Å²) in [7, 11) is 1.94. The van der Waals surface area contributed by atoms with Crippen molar-refractivity contribution in [1.82, 2.24) is 5.32 Å². The van der Waals surface area contributed by atoms with Crippen molar-refractivity contribution in [3.05, 3.63) is 28.8 Å². The zero-order chi connectivity index (χ0) is 13.8. The summed E-state index contributed by atoms with van der Waals surface area (Å²) in [5.41, 5.74) is 2.24. The van der Waals surface area contributed by atoms with Crippen LogP contribution in [0.25, 0.3) is 0 Å². The largest absolute Gasteiger partial charge is 0.395 e. The smallest absolute Gasteiger partial charge is 0.0643 e. The Kier molecular flexibility index (Phi) is 5.08. The Bertz CT molecular complexity index is 421. The summed E-state index contributed by atoms with van der Waals surface area (Å²) >= 11 is 6.43. The van der Waals surface area contributed by atoms with Crippen LogP contribution in [0.4, 0.5) is 5.69 Å². The van der Waals surface area contributed by atoms with Crippen LogP contribution in [0.5, 0.6) is 0 Å². The van der Waals surface area contributed by atoms with Gasteiger partial charge in [0, 0.05) is 18.6 Å². The molecule has 2 N–H and O–H groups in total. The molecule has 0 radical (unpaired) electrons. The molecule has 1 fully saturated rings. The lowest BCUT2D eigenvalue weighted by molar-refractivity contribution is 0.283. The highest BCUT2D eigenvalue weighted by atomic mass is 35.5. The molecular weight excluding hydrogens is 260 g/mol. The van der Waals surface area contributed by atoms with Gasteiger partial charge in [-0.3, -0.25) is 0 Å². The molecule has 2 rings (SSSR count). The third-order valence-corrected chi connectivity index (χ3v) is 4.37. The number of nitrogens with one attached hydrogen (secondary N) is 1. The van der Waals surface area contributed by atoms with E-state index in [-0.39, 0.29) is 6.61 Å². The summed E-state index contributed by atoms with van der Waals surface area (Å²) in [6.45, 7) is 2.94. The average molecular weight is 283 g/mol. The first kappa shape index (κ1) is 14.6. The van der Waals surface area contributed by atoms with E-state index in [1.54, 1.807) is 0 Å². The zero-order valence-electron chi connectivity index (χ0n) is 11.7. The summed E-state index contributed by atoms with van der Waals surface area (Å²) in [6, 6.07) is 7.06. The van der Waals surface area contributed by atoms with Crippen molar-refractivity contribution in [3.8, 4) is 0 Å². The minimum Gasteiger partial charge on any atom is -0.395 e. The molecule has 3 nitrogen and oxygen atoms in total. The fourth-order valence-corrected chi connectivity index (χ4v) is 2.80.